The van der Waals surface area contributed by atoms with Crippen LogP contribution in [0.4, 0.5) is 0 Å². The fourth-order valence-electron chi connectivity index (χ4n) is 1.50. The molecule has 0 saturated heterocycles. The van der Waals surface area contributed by atoms with Crippen molar-refractivity contribution in [1.29, 1.82) is 0 Å². The number of ether oxygens (including phenoxy) is 1. The molecule has 100 valence electrons. The van der Waals surface area contributed by atoms with Crippen LogP contribution in [-0.2, 0) is 9.53 Å². The van der Waals surface area contributed by atoms with Crippen LogP contribution in [0.2, 0.25) is 0 Å². The van der Waals surface area contributed by atoms with Gasteiger partial charge in [0.2, 0.25) is 5.91 Å². The largest absolute Gasteiger partial charge is 0.385 e. The Hall–Kier alpha value is -1.46. The average molecular weight is 251 g/mol. The summed E-state index contributed by atoms with van der Waals surface area (Å²) in [4.78, 5) is 15.6. The Labute approximate surface area is 108 Å². The zero-order chi connectivity index (χ0) is 13.2. The summed E-state index contributed by atoms with van der Waals surface area (Å²) in [6.07, 6.45) is 4.37. The molecule has 1 atom stereocenters. The van der Waals surface area contributed by atoms with Gasteiger partial charge in [-0.1, -0.05) is 6.07 Å². The summed E-state index contributed by atoms with van der Waals surface area (Å²) in [7, 11) is 1.65. The van der Waals surface area contributed by atoms with Gasteiger partial charge in [0, 0.05) is 38.7 Å². The summed E-state index contributed by atoms with van der Waals surface area (Å²) >= 11 is 0. The van der Waals surface area contributed by atoms with Crippen LogP contribution < -0.4 is 10.6 Å². The smallest absolute Gasteiger partial charge is 0.233 e. The molecular formula is C13H21N3O2. The average Bonchev–Trinajstić information content (AvgIpc) is 2.42. The molecule has 0 fully saturated rings. The predicted octanol–water partition coefficient (Wildman–Crippen LogP) is 0.885. The van der Waals surface area contributed by atoms with Gasteiger partial charge in [-0.05, 0) is 25.0 Å². The Morgan fingerprint density at radius 1 is 1.56 bits per heavy atom. The second-order valence-electron chi connectivity index (χ2n) is 4.09. The molecule has 1 rings (SSSR count). The van der Waals surface area contributed by atoms with Crippen LogP contribution >= 0.6 is 0 Å². The van der Waals surface area contributed by atoms with E-state index in [0.717, 1.165) is 12.0 Å². The van der Waals surface area contributed by atoms with E-state index >= 15 is 0 Å². The lowest BCUT2D eigenvalue weighted by molar-refractivity contribution is -0.120. The second kappa shape index (κ2) is 8.60. The van der Waals surface area contributed by atoms with Crippen molar-refractivity contribution in [2.24, 2.45) is 0 Å². The number of rotatable bonds is 8. The zero-order valence-corrected chi connectivity index (χ0v) is 11.0. The van der Waals surface area contributed by atoms with Crippen LogP contribution in [0, 0.1) is 0 Å². The van der Waals surface area contributed by atoms with Crippen molar-refractivity contribution in [1.82, 2.24) is 15.6 Å². The minimum Gasteiger partial charge on any atom is -0.385 e. The van der Waals surface area contributed by atoms with Gasteiger partial charge in [-0.2, -0.15) is 0 Å². The topological polar surface area (TPSA) is 63.2 Å². The molecule has 1 aromatic rings. The van der Waals surface area contributed by atoms with Gasteiger partial charge in [-0.3, -0.25) is 9.78 Å². The van der Waals surface area contributed by atoms with E-state index in [2.05, 4.69) is 15.6 Å². The number of hydrogen-bond donors (Lipinski definition) is 2. The molecule has 2 N–H and O–H groups in total. The van der Waals surface area contributed by atoms with Crippen LogP contribution in [0.3, 0.4) is 0 Å². The summed E-state index contributed by atoms with van der Waals surface area (Å²) < 4.78 is 4.91. The SMILES string of the molecule is COCCCNC(=O)CN[C@@H](C)c1cccnc1. The summed E-state index contributed by atoms with van der Waals surface area (Å²) in [6, 6.07) is 3.99. The third-order valence-corrected chi connectivity index (χ3v) is 2.60. The lowest BCUT2D eigenvalue weighted by Crippen LogP contribution is -2.35. The van der Waals surface area contributed by atoms with Gasteiger partial charge in [-0.15, -0.1) is 0 Å². The quantitative estimate of drug-likeness (QED) is 0.673. The van der Waals surface area contributed by atoms with Gasteiger partial charge in [0.25, 0.3) is 0 Å². The maximum atomic E-state index is 11.5. The molecule has 0 unspecified atom stereocenters. The number of carbonyl (C=O) groups is 1. The van der Waals surface area contributed by atoms with Crippen molar-refractivity contribution >= 4 is 5.91 Å². The lowest BCUT2D eigenvalue weighted by atomic mass is 10.1. The minimum atomic E-state index is 0.00171. The molecule has 0 aliphatic carbocycles. The summed E-state index contributed by atoms with van der Waals surface area (Å²) in [5.74, 6) is 0.00171. The number of amides is 1. The first-order valence-electron chi connectivity index (χ1n) is 6.13. The van der Waals surface area contributed by atoms with Crippen molar-refractivity contribution in [2.45, 2.75) is 19.4 Å². The van der Waals surface area contributed by atoms with Gasteiger partial charge in [0.1, 0.15) is 0 Å². The predicted molar refractivity (Wildman–Crippen MR) is 70.2 cm³/mol. The highest BCUT2D eigenvalue weighted by Crippen LogP contribution is 2.08. The maximum absolute atomic E-state index is 11.5. The molecule has 1 amide bonds. The number of aromatic nitrogens is 1. The molecule has 0 saturated carbocycles. The molecule has 5 heteroatoms. The Morgan fingerprint density at radius 2 is 2.39 bits per heavy atom. The highest BCUT2D eigenvalue weighted by atomic mass is 16.5. The Kier molecular flexibility index (Phi) is 6.98. The second-order valence-corrected chi connectivity index (χ2v) is 4.09. The number of nitrogens with zero attached hydrogens (tertiary/aromatic N) is 1. The third kappa shape index (κ3) is 5.75. The molecule has 0 bridgehead atoms. The van der Waals surface area contributed by atoms with Crippen molar-refractivity contribution in [3.8, 4) is 0 Å². The lowest BCUT2D eigenvalue weighted by Gasteiger charge is -2.13. The first kappa shape index (κ1) is 14.6. The molecule has 1 aromatic heterocycles. The monoisotopic (exact) mass is 251 g/mol. The highest BCUT2D eigenvalue weighted by Gasteiger charge is 2.06. The van der Waals surface area contributed by atoms with E-state index in [9.17, 15) is 4.79 Å². The Bertz CT molecular complexity index is 343. The molecule has 0 radical (unpaired) electrons. The first-order valence-corrected chi connectivity index (χ1v) is 6.13. The van der Waals surface area contributed by atoms with E-state index in [1.165, 1.54) is 0 Å². The summed E-state index contributed by atoms with van der Waals surface area (Å²) in [5.41, 5.74) is 1.07. The molecule has 18 heavy (non-hydrogen) atoms. The molecule has 1 heterocycles. The molecule has 0 aliphatic heterocycles. The minimum absolute atomic E-state index is 0.00171. The van der Waals surface area contributed by atoms with E-state index < -0.39 is 0 Å². The summed E-state index contributed by atoms with van der Waals surface area (Å²) in [6.45, 7) is 3.63. The standard InChI is InChI=1S/C13H21N3O2/c1-11(12-5-3-6-14-9-12)16-10-13(17)15-7-4-8-18-2/h3,5-6,9,11,16H,4,7-8,10H2,1-2H3,(H,15,17)/t11-/m0/s1. The Morgan fingerprint density at radius 3 is 3.06 bits per heavy atom. The van der Waals surface area contributed by atoms with E-state index in [0.29, 0.717) is 19.7 Å². The number of carbonyl (C=O) groups excluding carboxylic acids is 1. The fourth-order valence-corrected chi connectivity index (χ4v) is 1.50. The first-order chi connectivity index (χ1) is 8.74. The number of pyridine rings is 1. The number of nitrogens with one attached hydrogen (secondary N) is 2. The van der Waals surface area contributed by atoms with Crippen LogP contribution in [0.25, 0.3) is 0 Å². The van der Waals surface area contributed by atoms with E-state index in [4.69, 9.17) is 4.74 Å². The number of methoxy groups -OCH3 is 1. The van der Waals surface area contributed by atoms with Crippen molar-refractivity contribution in [2.75, 3.05) is 26.8 Å². The van der Waals surface area contributed by atoms with E-state index in [1.807, 2.05) is 19.1 Å². The van der Waals surface area contributed by atoms with Crippen LogP contribution in [0.5, 0.6) is 0 Å². The van der Waals surface area contributed by atoms with Gasteiger partial charge < -0.3 is 15.4 Å². The Balaban J connectivity index is 2.18. The van der Waals surface area contributed by atoms with Gasteiger partial charge in [0.15, 0.2) is 0 Å². The van der Waals surface area contributed by atoms with Gasteiger partial charge >= 0.3 is 0 Å². The molecule has 0 aliphatic rings. The fraction of sp³-hybridized carbons (Fsp3) is 0.538. The normalized spacial score (nSPS) is 12.1. The van der Waals surface area contributed by atoms with Gasteiger partial charge in [-0.25, -0.2) is 0 Å². The van der Waals surface area contributed by atoms with Crippen LogP contribution in [-0.4, -0.2) is 37.7 Å². The highest BCUT2D eigenvalue weighted by molar-refractivity contribution is 5.77. The van der Waals surface area contributed by atoms with Crippen LogP contribution in [0.15, 0.2) is 24.5 Å². The molecule has 0 aromatic carbocycles. The van der Waals surface area contributed by atoms with Crippen LogP contribution in [0.1, 0.15) is 24.9 Å². The molecular weight excluding hydrogens is 230 g/mol. The number of hydrogen-bond acceptors (Lipinski definition) is 4. The van der Waals surface area contributed by atoms with Crippen molar-refractivity contribution in [3.05, 3.63) is 30.1 Å². The van der Waals surface area contributed by atoms with Crippen molar-refractivity contribution < 1.29 is 9.53 Å². The third-order valence-electron chi connectivity index (χ3n) is 2.60. The van der Waals surface area contributed by atoms with E-state index in [-0.39, 0.29) is 11.9 Å². The summed E-state index contributed by atoms with van der Waals surface area (Å²) in [5, 5.41) is 5.98. The molecule has 5 nitrogen and oxygen atoms in total. The molecule has 0 spiro atoms. The van der Waals surface area contributed by atoms with Gasteiger partial charge in [0.05, 0.1) is 6.54 Å². The van der Waals surface area contributed by atoms with E-state index in [1.54, 1.807) is 19.5 Å². The zero-order valence-electron chi connectivity index (χ0n) is 11.0. The maximum Gasteiger partial charge on any atom is 0.233 e. The van der Waals surface area contributed by atoms with Crippen molar-refractivity contribution in [3.63, 3.8) is 0 Å².